The van der Waals surface area contributed by atoms with Crippen molar-refractivity contribution in [2.45, 2.75) is 26.7 Å². The van der Waals surface area contributed by atoms with Gasteiger partial charge in [-0.1, -0.05) is 12.1 Å². The zero-order valence-corrected chi connectivity index (χ0v) is 12.8. The molecule has 0 aliphatic rings. The Morgan fingerprint density at radius 2 is 2.14 bits per heavy atom. The second-order valence-electron chi connectivity index (χ2n) is 5.39. The molecule has 0 bridgehead atoms. The summed E-state index contributed by atoms with van der Waals surface area (Å²) in [6.45, 7) is 4.25. The average Bonchev–Trinajstić information content (AvgIpc) is 3.05. The number of furan rings is 1. The Hall–Kier alpha value is -2.56. The molecule has 2 heterocycles. The molecule has 0 atom stereocenters. The SMILES string of the molecule is Cc1cc(C(=O)NCCCc2nc3ccccc3[nH]2)c(C)o1. The maximum absolute atomic E-state index is 12.0. The number of H-pyrrole nitrogens is 1. The van der Waals surface area contributed by atoms with Crippen LogP contribution in [0, 0.1) is 13.8 Å². The van der Waals surface area contributed by atoms with E-state index in [1.807, 2.05) is 31.2 Å². The lowest BCUT2D eigenvalue weighted by Gasteiger charge is -2.03. The largest absolute Gasteiger partial charge is 0.466 e. The van der Waals surface area contributed by atoms with Crippen molar-refractivity contribution in [1.29, 1.82) is 0 Å². The van der Waals surface area contributed by atoms with Crippen molar-refractivity contribution >= 4 is 16.9 Å². The van der Waals surface area contributed by atoms with Gasteiger partial charge in [0, 0.05) is 13.0 Å². The maximum Gasteiger partial charge on any atom is 0.254 e. The lowest BCUT2D eigenvalue weighted by atomic mass is 10.2. The summed E-state index contributed by atoms with van der Waals surface area (Å²) in [7, 11) is 0. The monoisotopic (exact) mass is 297 g/mol. The Kier molecular flexibility index (Phi) is 3.96. The number of aromatic amines is 1. The van der Waals surface area contributed by atoms with Gasteiger partial charge in [-0.15, -0.1) is 0 Å². The number of fused-ring (bicyclic) bond motifs is 1. The third-order valence-electron chi connectivity index (χ3n) is 3.60. The molecule has 2 aromatic heterocycles. The minimum atomic E-state index is -0.0843. The second-order valence-corrected chi connectivity index (χ2v) is 5.39. The van der Waals surface area contributed by atoms with E-state index in [0.29, 0.717) is 17.9 Å². The lowest BCUT2D eigenvalue weighted by Crippen LogP contribution is -2.25. The van der Waals surface area contributed by atoms with Crippen LogP contribution in [0.1, 0.15) is 34.1 Å². The van der Waals surface area contributed by atoms with Gasteiger partial charge in [0.1, 0.15) is 17.3 Å². The van der Waals surface area contributed by atoms with Crippen LogP contribution < -0.4 is 5.32 Å². The smallest absolute Gasteiger partial charge is 0.254 e. The summed E-state index contributed by atoms with van der Waals surface area (Å²) in [6, 6.07) is 9.73. The summed E-state index contributed by atoms with van der Waals surface area (Å²) in [4.78, 5) is 19.8. The molecule has 0 fully saturated rings. The first-order chi connectivity index (χ1) is 10.6. The molecule has 3 aromatic rings. The molecule has 0 aliphatic carbocycles. The van der Waals surface area contributed by atoms with Crippen LogP contribution >= 0.6 is 0 Å². The van der Waals surface area contributed by atoms with Gasteiger partial charge in [0.2, 0.25) is 0 Å². The van der Waals surface area contributed by atoms with Crippen LogP contribution in [-0.2, 0) is 6.42 Å². The Bertz CT molecular complexity index is 768. The van der Waals surface area contributed by atoms with Gasteiger partial charge in [0.05, 0.1) is 16.6 Å². The van der Waals surface area contributed by atoms with Gasteiger partial charge in [0.25, 0.3) is 5.91 Å². The van der Waals surface area contributed by atoms with Crippen LogP contribution in [-0.4, -0.2) is 22.4 Å². The van der Waals surface area contributed by atoms with Gasteiger partial charge in [-0.2, -0.15) is 0 Å². The number of nitrogens with zero attached hydrogens (tertiary/aromatic N) is 1. The Labute approximate surface area is 128 Å². The zero-order valence-electron chi connectivity index (χ0n) is 12.8. The first-order valence-electron chi connectivity index (χ1n) is 7.42. The molecule has 3 rings (SSSR count). The lowest BCUT2D eigenvalue weighted by molar-refractivity contribution is 0.0951. The van der Waals surface area contributed by atoms with Gasteiger partial charge >= 0.3 is 0 Å². The number of imidazole rings is 1. The molecule has 0 saturated heterocycles. The molecule has 1 aromatic carbocycles. The predicted octanol–water partition coefficient (Wildman–Crippen LogP) is 3.14. The van der Waals surface area contributed by atoms with E-state index in [1.165, 1.54) is 0 Å². The molecule has 2 N–H and O–H groups in total. The standard InChI is InChI=1S/C17H19N3O2/c1-11-10-13(12(2)22-11)17(21)18-9-5-8-16-19-14-6-3-4-7-15(14)20-16/h3-4,6-7,10H,5,8-9H2,1-2H3,(H,18,21)(H,19,20). The number of hydrogen-bond donors (Lipinski definition) is 2. The number of aromatic nitrogens is 2. The first kappa shape index (κ1) is 14.4. The fourth-order valence-electron chi connectivity index (χ4n) is 2.53. The van der Waals surface area contributed by atoms with Crippen LogP contribution in [0.3, 0.4) is 0 Å². The summed E-state index contributed by atoms with van der Waals surface area (Å²) < 4.78 is 5.37. The molecule has 1 amide bonds. The van der Waals surface area contributed by atoms with Crippen LogP contribution in [0.2, 0.25) is 0 Å². The molecule has 0 unspecified atom stereocenters. The summed E-state index contributed by atoms with van der Waals surface area (Å²) in [5.74, 6) is 2.28. The number of rotatable bonds is 5. The van der Waals surface area contributed by atoms with Crippen LogP contribution in [0.5, 0.6) is 0 Å². The fraction of sp³-hybridized carbons (Fsp3) is 0.294. The third-order valence-corrected chi connectivity index (χ3v) is 3.60. The molecular formula is C17H19N3O2. The summed E-state index contributed by atoms with van der Waals surface area (Å²) in [6.07, 6.45) is 1.64. The van der Waals surface area contributed by atoms with Gasteiger partial charge in [-0.25, -0.2) is 4.98 Å². The topological polar surface area (TPSA) is 70.9 Å². The summed E-state index contributed by atoms with van der Waals surface area (Å²) >= 11 is 0. The van der Waals surface area contributed by atoms with Gasteiger partial charge in [-0.05, 0) is 38.5 Å². The number of benzene rings is 1. The first-order valence-corrected chi connectivity index (χ1v) is 7.42. The van der Waals surface area contributed by atoms with Crippen molar-refractivity contribution in [3.8, 4) is 0 Å². The molecule has 22 heavy (non-hydrogen) atoms. The van der Waals surface area contributed by atoms with Crippen molar-refractivity contribution in [3.63, 3.8) is 0 Å². The van der Waals surface area contributed by atoms with Crippen LogP contribution in [0.25, 0.3) is 11.0 Å². The number of aryl methyl sites for hydroxylation is 3. The molecule has 5 heteroatoms. The maximum atomic E-state index is 12.0. The van der Waals surface area contributed by atoms with Gasteiger partial charge in [0.15, 0.2) is 0 Å². The molecule has 5 nitrogen and oxygen atoms in total. The highest BCUT2D eigenvalue weighted by Crippen LogP contribution is 2.13. The number of carbonyl (C=O) groups excluding carboxylic acids is 1. The van der Waals surface area contributed by atoms with Crippen molar-refractivity contribution in [1.82, 2.24) is 15.3 Å². The van der Waals surface area contributed by atoms with Crippen molar-refractivity contribution in [2.24, 2.45) is 0 Å². The zero-order chi connectivity index (χ0) is 15.5. The molecular weight excluding hydrogens is 278 g/mol. The molecule has 0 saturated carbocycles. The number of amides is 1. The van der Waals surface area contributed by atoms with Crippen molar-refractivity contribution in [2.75, 3.05) is 6.54 Å². The highest BCUT2D eigenvalue weighted by molar-refractivity contribution is 5.95. The Morgan fingerprint density at radius 3 is 2.86 bits per heavy atom. The second kappa shape index (κ2) is 6.05. The third kappa shape index (κ3) is 3.03. The van der Waals surface area contributed by atoms with Gasteiger partial charge < -0.3 is 14.7 Å². The molecule has 0 aliphatic heterocycles. The highest BCUT2D eigenvalue weighted by atomic mass is 16.3. The minimum Gasteiger partial charge on any atom is -0.466 e. The number of para-hydroxylation sites is 2. The average molecular weight is 297 g/mol. The quantitative estimate of drug-likeness (QED) is 0.711. The van der Waals surface area contributed by atoms with Crippen LogP contribution in [0.4, 0.5) is 0 Å². The van der Waals surface area contributed by atoms with Crippen molar-refractivity contribution < 1.29 is 9.21 Å². The van der Waals surface area contributed by atoms with E-state index in [0.717, 1.165) is 35.5 Å². The molecule has 0 spiro atoms. The number of nitrogens with one attached hydrogen (secondary N) is 2. The van der Waals surface area contributed by atoms with E-state index in [9.17, 15) is 4.79 Å². The Morgan fingerprint density at radius 1 is 1.32 bits per heavy atom. The molecule has 0 radical (unpaired) electrons. The van der Waals surface area contributed by atoms with E-state index >= 15 is 0 Å². The molecule has 114 valence electrons. The van der Waals surface area contributed by atoms with E-state index in [-0.39, 0.29) is 5.91 Å². The summed E-state index contributed by atoms with van der Waals surface area (Å²) in [5.41, 5.74) is 2.64. The summed E-state index contributed by atoms with van der Waals surface area (Å²) in [5, 5.41) is 2.92. The minimum absolute atomic E-state index is 0.0843. The number of carbonyl (C=O) groups is 1. The van der Waals surface area contributed by atoms with Crippen molar-refractivity contribution in [3.05, 3.63) is 53.2 Å². The van der Waals surface area contributed by atoms with Gasteiger partial charge in [-0.3, -0.25) is 4.79 Å². The van der Waals surface area contributed by atoms with E-state index in [4.69, 9.17) is 4.42 Å². The van der Waals surface area contributed by atoms with E-state index in [1.54, 1.807) is 13.0 Å². The van der Waals surface area contributed by atoms with E-state index in [2.05, 4.69) is 15.3 Å². The predicted molar refractivity (Wildman–Crippen MR) is 84.9 cm³/mol. The Balaban J connectivity index is 1.51. The number of hydrogen-bond acceptors (Lipinski definition) is 3. The van der Waals surface area contributed by atoms with Crippen LogP contribution in [0.15, 0.2) is 34.7 Å². The van der Waals surface area contributed by atoms with E-state index < -0.39 is 0 Å². The highest BCUT2D eigenvalue weighted by Gasteiger charge is 2.12. The normalized spacial score (nSPS) is 11.0. The fourth-order valence-corrected chi connectivity index (χ4v) is 2.53.